The number of aliphatic hydroxyl groups excluding tert-OH is 1. The summed E-state index contributed by atoms with van der Waals surface area (Å²) in [4.78, 5) is 1.99. The molecule has 0 saturated heterocycles. The second-order valence-electron chi connectivity index (χ2n) is 5.00. The highest BCUT2D eigenvalue weighted by molar-refractivity contribution is 7.92. The zero-order valence-corrected chi connectivity index (χ0v) is 11.7. The zero-order valence-electron chi connectivity index (χ0n) is 10.9. The van der Waals surface area contributed by atoms with E-state index in [0.29, 0.717) is 13.1 Å². The van der Waals surface area contributed by atoms with E-state index < -0.39 is 14.6 Å². The summed E-state index contributed by atoms with van der Waals surface area (Å²) in [7, 11) is -3.05. The molecule has 0 heterocycles. The van der Waals surface area contributed by atoms with E-state index >= 15 is 0 Å². The minimum Gasteiger partial charge on any atom is -0.395 e. The van der Waals surface area contributed by atoms with Crippen LogP contribution in [0.15, 0.2) is 0 Å². The predicted molar refractivity (Wildman–Crippen MR) is 67.4 cm³/mol. The third-order valence-corrected chi connectivity index (χ3v) is 5.15. The molecule has 0 aromatic heterocycles. The Bertz CT molecular complexity index is 274. The summed E-state index contributed by atoms with van der Waals surface area (Å²) < 4.78 is 23.1. The van der Waals surface area contributed by atoms with Crippen molar-refractivity contribution in [2.24, 2.45) is 0 Å². The second kappa shape index (κ2) is 6.57. The van der Waals surface area contributed by atoms with E-state index in [1.54, 1.807) is 20.8 Å². The van der Waals surface area contributed by atoms with Crippen LogP contribution in [0.5, 0.6) is 0 Å². The van der Waals surface area contributed by atoms with Gasteiger partial charge >= 0.3 is 0 Å². The van der Waals surface area contributed by atoms with Crippen LogP contribution in [0.25, 0.3) is 0 Å². The first-order valence-corrected chi connectivity index (χ1v) is 7.45. The molecule has 0 aromatic rings. The average molecular weight is 251 g/mol. The normalized spacial score (nSPS) is 13.4. The Morgan fingerprint density at radius 1 is 1.12 bits per heavy atom. The lowest BCUT2D eigenvalue weighted by Gasteiger charge is -2.24. The summed E-state index contributed by atoms with van der Waals surface area (Å²) in [6.45, 7) is 9.18. The summed E-state index contributed by atoms with van der Waals surface area (Å²) in [5.41, 5.74) is 0. The highest BCUT2D eigenvalue weighted by Gasteiger charge is 2.28. The molecule has 0 saturated carbocycles. The smallest absolute Gasteiger partial charge is 0.156 e. The van der Waals surface area contributed by atoms with Gasteiger partial charge in [0.2, 0.25) is 0 Å². The van der Waals surface area contributed by atoms with Crippen LogP contribution in [0, 0.1) is 0 Å². The molecule has 0 aromatic carbocycles. The maximum absolute atomic E-state index is 11.9. The largest absolute Gasteiger partial charge is 0.395 e. The maximum atomic E-state index is 11.9. The maximum Gasteiger partial charge on any atom is 0.156 e. The van der Waals surface area contributed by atoms with Gasteiger partial charge in [-0.05, 0) is 33.7 Å². The van der Waals surface area contributed by atoms with Crippen molar-refractivity contribution in [1.29, 1.82) is 0 Å². The van der Waals surface area contributed by atoms with Crippen LogP contribution < -0.4 is 0 Å². The first kappa shape index (κ1) is 15.9. The Morgan fingerprint density at radius 2 is 1.69 bits per heavy atom. The highest BCUT2D eigenvalue weighted by atomic mass is 32.2. The Hall–Kier alpha value is -0.130. The highest BCUT2D eigenvalue weighted by Crippen LogP contribution is 2.15. The molecule has 16 heavy (non-hydrogen) atoms. The number of hydrogen-bond acceptors (Lipinski definition) is 4. The fourth-order valence-electron chi connectivity index (χ4n) is 1.35. The summed E-state index contributed by atoms with van der Waals surface area (Å²) in [5.74, 6) is 0.163. The molecule has 0 atom stereocenters. The lowest BCUT2D eigenvalue weighted by molar-refractivity contribution is 0.202. The standard InChI is InChI=1S/C11H25NO3S/c1-5-6-12(7-9-13)8-10-16(14,15)11(2,3)4/h13H,5-10H2,1-4H3. The summed E-state index contributed by atoms with van der Waals surface area (Å²) >= 11 is 0. The molecule has 4 nitrogen and oxygen atoms in total. The van der Waals surface area contributed by atoms with Gasteiger partial charge in [0.25, 0.3) is 0 Å². The molecule has 1 N–H and O–H groups in total. The fourth-order valence-corrected chi connectivity index (χ4v) is 2.46. The number of hydrogen-bond donors (Lipinski definition) is 1. The summed E-state index contributed by atoms with van der Waals surface area (Å²) in [5, 5.41) is 8.86. The molecular formula is C11H25NO3S. The first-order valence-electron chi connectivity index (χ1n) is 5.80. The molecule has 0 fully saturated rings. The fraction of sp³-hybridized carbons (Fsp3) is 1.00. The van der Waals surface area contributed by atoms with Crippen molar-refractivity contribution in [3.63, 3.8) is 0 Å². The number of nitrogens with zero attached hydrogens (tertiary/aromatic N) is 1. The van der Waals surface area contributed by atoms with Crippen molar-refractivity contribution < 1.29 is 13.5 Å². The number of sulfone groups is 1. The monoisotopic (exact) mass is 251 g/mol. The van der Waals surface area contributed by atoms with Crippen molar-refractivity contribution in [2.75, 3.05) is 32.0 Å². The Kier molecular flexibility index (Phi) is 6.51. The van der Waals surface area contributed by atoms with Crippen LogP contribution in [-0.4, -0.2) is 55.2 Å². The summed E-state index contributed by atoms with van der Waals surface area (Å²) in [6.07, 6.45) is 0.968. The van der Waals surface area contributed by atoms with E-state index in [1.165, 1.54) is 0 Å². The number of aliphatic hydroxyl groups is 1. The zero-order chi connectivity index (χ0) is 12.8. The molecule has 5 heteroatoms. The number of rotatable bonds is 7. The van der Waals surface area contributed by atoms with Crippen LogP contribution in [0.4, 0.5) is 0 Å². The van der Waals surface area contributed by atoms with Gasteiger partial charge in [0.15, 0.2) is 9.84 Å². The molecule has 0 radical (unpaired) electrons. The van der Waals surface area contributed by atoms with Gasteiger partial charge in [-0.2, -0.15) is 0 Å². The molecule has 0 aliphatic heterocycles. The minimum absolute atomic E-state index is 0.0789. The molecule has 0 unspecified atom stereocenters. The van der Waals surface area contributed by atoms with E-state index in [-0.39, 0.29) is 12.4 Å². The Labute approximate surface area is 99.6 Å². The van der Waals surface area contributed by atoms with E-state index in [1.807, 2.05) is 11.8 Å². The average Bonchev–Trinajstić information content (AvgIpc) is 2.13. The Balaban J connectivity index is 4.30. The first-order chi connectivity index (χ1) is 7.24. The van der Waals surface area contributed by atoms with Crippen molar-refractivity contribution in [3.8, 4) is 0 Å². The van der Waals surface area contributed by atoms with Gasteiger partial charge < -0.3 is 10.0 Å². The SMILES string of the molecule is CCCN(CCO)CCS(=O)(=O)C(C)(C)C. The topological polar surface area (TPSA) is 57.6 Å². The molecule has 0 rings (SSSR count). The molecular weight excluding hydrogens is 226 g/mol. The van der Waals surface area contributed by atoms with Crippen molar-refractivity contribution in [1.82, 2.24) is 4.90 Å². The molecule has 0 aliphatic rings. The third kappa shape index (κ3) is 5.27. The second-order valence-corrected chi connectivity index (χ2v) is 7.86. The van der Waals surface area contributed by atoms with Gasteiger partial charge in [-0.3, -0.25) is 0 Å². The van der Waals surface area contributed by atoms with Crippen molar-refractivity contribution in [2.45, 2.75) is 38.9 Å². The quantitative estimate of drug-likeness (QED) is 0.730. The van der Waals surface area contributed by atoms with Crippen LogP contribution >= 0.6 is 0 Å². The lowest BCUT2D eigenvalue weighted by atomic mass is 10.3. The van der Waals surface area contributed by atoms with Gasteiger partial charge in [-0.1, -0.05) is 6.92 Å². The van der Waals surface area contributed by atoms with Crippen molar-refractivity contribution >= 4 is 9.84 Å². The van der Waals surface area contributed by atoms with Crippen LogP contribution in [0.3, 0.4) is 0 Å². The van der Waals surface area contributed by atoms with Crippen molar-refractivity contribution in [3.05, 3.63) is 0 Å². The molecule has 0 spiro atoms. The van der Waals surface area contributed by atoms with Gasteiger partial charge in [0.05, 0.1) is 17.1 Å². The molecule has 0 aliphatic carbocycles. The predicted octanol–water partition coefficient (Wildman–Crippen LogP) is 0.904. The third-order valence-electron chi connectivity index (χ3n) is 2.57. The van der Waals surface area contributed by atoms with E-state index in [0.717, 1.165) is 13.0 Å². The van der Waals surface area contributed by atoms with E-state index in [9.17, 15) is 8.42 Å². The molecule has 0 bridgehead atoms. The summed E-state index contributed by atoms with van der Waals surface area (Å²) in [6, 6.07) is 0. The molecule has 98 valence electrons. The van der Waals surface area contributed by atoms with Crippen LogP contribution in [0.2, 0.25) is 0 Å². The van der Waals surface area contributed by atoms with Gasteiger partial charge in [-0.25, -0.2) is 8.42 Å². The van der Waals surface area contributed by atoms with E-state index in [2.05, 4.69) is 0 Å². The van der Waals surface area contributed by atoms with Gasteiger partial charge in [-0.15, -0.1) is 0 Å². The molecule has 0 amide bonds. The van der Waals surface area contributed by atoms with Crippen LogP contribution in [0.1, 0.15) is 34.1 Å². The lowest BCUT2D eigenvalue weighted by Crippen LogP contribution is -2.38. The van der Waals surface area contributed by atoms with Gasteiger partial charge in [0.1, 0.15) is 0 Å². The Morgan fingerprint density at radius 3 is 2.06 bits per heavy atom. The van der Waals surface area contributed by atoms with Gasteiger partial charge in [0, 0.05) is 13.1 Å². The van der Waals surface area contributed by atoms with E-state index in [4.69, 9.17) is 5.11 Å². The minimum atomic E-state index is -3.05. The van der Waals surface area contributed by atoms with Crippen LogP contribution in [-0.2, 0) is 9.84 Å².